The molecule has 3 aromatic carbocycles. The second-order valence-corrected chi connectivity index (χ2v) is 11.0. The maximum absolute atomic E-state index is 4.87. The number of hydrogen-bond acceptors (Lipinski definition) is 1. The first-order valence-electron chi connectivity index (χ1n) is 14.1. The van der Waals surface area contributed by atoms with E-state index in [-0.39, 0.29) is 0 Å². The van der Waals surface area contributed by atoms with Gasteiger partial charge in [0.2, 0.25) is 0 Å². The van der Waals surface area contributed by atoms with Crippen molar-refractivity contribution in [2.75, 3.05) is 0 Å². The molecule has 9 rings (SSSR count). The van der Waals surface area contributed by atoms with Gasteiger partial charge < -0.3 is 13.4 Å². The molecule has 0 spiro atoms. The van der Waals surface area contributed by atoms with Crippen molar-refractivity contribution in [1.82, 2.24) is 13.4 Å². The second kappa shape index (κ2) is 8.73. The topological polar surface area (TPSA) is 13.8 Å². The van der Waals surface area contributed by atoms with E-state index in [0.717, 1.165) is 29.3 Å². The lowest BCUT2D eigenvalue weighted by molar-refractivity contribution is 0.923. The predicted molar refractivity (Wildman–Crippen MR) is 174 cm³/mol. The molecular formula is C36H29N3S. The fourth-order valence-electron chi connectivity index (χ4n) is 6.82. The average molecular weight is 536 g/mol. The molecule has 0 N–H and O–H groups in total. The van der Waals surface area contributed by atoms with Gasteiger partial charge in [-0.3, -0.25) is 0 Å². The minimum atomic E-state index is 1.02. The lowest BCUT2D eigenvalue weighted by Crippen LogP contribution is -2.09. The molecule has 1 aliphatic rings. The van der Waals surface area contributed by atoms with Gasteiger partial charge in [-0.1, -0.05) is 75.0 Å². The summed E-state index contributed by atoms with van der Waals surface area (Å²) in [5.74, 6) is 0. The molecule has 40 heavy (non-hydrogen) atoms. The number of rotatable bonds is 1. The number of thiophene rings is 1. The number of nitrogens with zero attached hydrogens (tertiary/aromatic N) is 3. The molecule has 4 heteroatoms. The average Bonchev–Trinajstić information content (AvgIpc) is 3.69. The predicted octanol–water partition coefficient (Wildman–Crippen LogP) is 9.33. The molecule has 194 valence electrons. The Hall–Kier alpha value is -4.54. The van der Waals surface area contributed by atoms with Crippen molar-refractivity contribution in [3.8, 4) is 5.69 Å². The van der Waals surface area contributed by atoms with Crippen LogP contribution in [0.5, 0.6) is 0 Å². The molecule has 1 aliphatic carbocycles. The monoisotopic (exact) mass is 535 g/mol. The van der Waals surface area contributed by atoms with Crippen LogP contribution in [0.25, 0.3) is 73.0 Å². The largest absolute Gasteiger partial charge is 0.316 e. The molecule has 5 aromatic heterocycles. The first kappa shape index (κ1) is 23.4. The molecule has 2 bridgehead atoms. The highest BCUT2D eigenvalue weighted by molar-refractivity contribution is 7.09. The van der Waals surface area contributed by atoms with Crippen LogP contribution in [-0.2, 0) is 6.42 Å². The standard InChI is InChI=1S/C34H23N3S.C2H6/c1-21-32-29-16-15-25-23-11-5-8-14-28(23)37(34(25)32)31-20-38-19-30(31)36-27-13-7-6-12-24(27)26(33(21)36)17-18-35(29)22-9-3-2-4-10-22;1-2/h2-6,8-12,14-20H,1,7,13H2;1-2H3. The van der Waals surface area contributed by atoms with Crippen molar-refractivity contribution in [2.24, 2.45) is 0 Å². The van der Waals surface area contributed by atoms with Gasteiger partial charge >= 0.3 is 0 Å². The Kier molecular flexibility index (Phi) is 5.10. The number of hydrogen-bond donors (Lipinski definition) is 0. The summed E-state index contributed by atoms with van der Waals surface area (Å²) in [6.07, 6.45) is 8.96. The lowest BCUT2D eigenvalue weighted by atomic mass is 10.0. The maximum Gasteiger partial charge on any atom is 0.0811 e. The lowest BCUT2D eigenvalue weighted by Gasteiger charge is -2.14. The number of aromatic nitrogens is 3. The summed E-state index contributed by atoms with van der Waals surface area (Å²) in [5, 5.41) is 10.7. The fraction of sp³-hybridized carbons (Fsp3) is 0.111. The zero-order valence-electron chi connectivity index (χ0n) is 22.7. The zero-order valence-corrected chi connectivity index (χ0v) is 23.5. The van der Waals surface area contributed by atoms with E-state index in [9.17, 15) is 0 Å². The van der Waals surface area contributed by atoms with E-state index in [4.69, 9.17) is 6.58 Å². The SMILES string of the molecule is C=c1c2c3ccc4c5ccccc5n(c5cscc5n5c6c(c(ccn3-c3ccccc3)c15)C=CCC6)c42.CC. The summed E-state index contributed by atoms with van der Waals surface area (Å²) in [6.45, 7) is 8.87. The molecule has 0 fully saturated rings. The van der Waals surface area contributed by atoms with E-state index < -0.39 is 0 Å². The summed E-state index contributed by atoms with van der Waals surface area (Å²) in [6, 6.07) is 26.4. The quantitative estimate of drug-likeness (QED) is 0.199. The Balaban J connectivity index is 0.00000120. The third kappa shape index (κ3) is 2.94. The second-order valence-electron chi connectivity index (χ2n) is 10.2. The highest BCUT2D eigenvalue weighted by atomic mass is 32.1. The number of allylic oxidation sites excluding steroid dienone is 1. The Morgan fingerprint density at radius 3 is 2.33 bits per heavy atom. The fourth-order valence-corrected chi connectivity index (χ4v) is 7.60. The first-order valence-corrected chi connectivity index (χ1v) is 15.0. The minimum absolute atomic E-state index is 1.02. The molecule has 5 heterocycles. The van der Waals surface area contributed by atoms with Crippen molar-refractivity contribution in [2.45, 2.75) is 26.7 Å². The van der Waals surface area contributed by atoms with Crippen molar-refractivity contribution in [3.05, 3.63) is 112 Å². The number of para-hydroxylation sites is 2. The molecule has 8 aromatic rings. The van der Waals surface area contributed by atoms with E-state index in [1.807, 2.05) is 13.8 Å². The van der Waals surface area contributed by atoms with Crippen LogP contribution in [0, 0.1) is 0 Å². The van der Waals surface area contributed by atoms with Crippen LogP contribution >= 0.6 is 11.3 Å². The number of fused-ring (bicyclic) bond motifs is 9. The van der Waals surface area contributed by atoms with Gasteiger partial charge in [0.1, 0.15) is 0 Å². The van der Waals surface area contributed by atoms with Crippen LogP contribution in [0.2, 0.25) is 0 Å². The number of benzene rings is 3. The van der Waals surface area contributed by atoms with Crippen LogP contribution in [0.1, 0.15) is 31.5 Å². The Morgan fingerprint density at radius 2 is 1.48 bits per heavy atom. The highest BCUT2D eigenvalue weighted by Gasteiger charge is 2.22. The van der Waals surface area contributed by atoms with Gasteiger partial charge in [-0.2, -0.15) is 0 Å². The normalized spacial score (nSPS) is 13.1. The third-order valence-electron chi connectivity index (χ3n) is 8.37. The summed E-state index contributed by atoms with van der Waals surface area (Å²) < 4.78 is 7.34. The van der Waals surface area contributed by atoms with Gasteiger partial charge in [0.25, 0.3) is 0 Å². The highest BCUT2D eigenvalue weighted by Crippen LogP contribution is 2.38. The van der Waals surface area contributed by atoms with Crippen molar-refractivity contribution in [3.63, 3.8) is 0 Å². The van der Waals surface area contributed by atoms with E-state index in [0.29, 0.717) is 0 Å². The van der Waals surface area contributed by atoms with E-state index in [1.165, 1.54) is 60.4 Å². The van der Waals surface area contributed by atoms with Gasteiger partial charge in [-0.05, 0) is 43.2 Å². The number of aryl methyl sites for hydroxylation is 1. The van der Waals surface area contributed by atoms with Gasteiger partial charge in [0.15, 0.2) is 0 Å². The van der Waals surface area contributed by atoms with Crippen LogP contribution in [0.4, 0.5) is 0 Å². The van der Waals surface area contributed by atoms with Gasteiger partial charge in [-0.15, -0.1) is 11.3 Å². The Labute approximate surface area is 236 Å². The van der Waals surface area contributed by atoms with Crippen molar-refractivity contribution < 1.29 is 0 Å². The minimum Gasteiger partial charge on any atom is -0.316 e. The summed E-state index contributed by atoms with van der Waals surface area (Å²) in [7, 11) is 0. The van der Waals surface area contributed by atoms with Gasteiger partial charge in [-0.25, -0.2) is 0 Å². The summed E-state index contributed by atoms with van der Waals surface area (Å²) >= 11 is 1.78. The smallest absolute Gasteiger partial charge is 0.0811 e. The maximum atomic E-state index is 4.87. The first-order chi connectivity index (χ1) is 19.8. The van der Waals surface area contributed by atoms with E-state index >= 15 is 0 Å². The van der Waals surface area contributed by atoms with Crippen LogP contribution in [0.3, 0.4) is 0 Å². The van der Waals surface area contributed by atoms with Crippen LogP contribution in [-0.4, -0.2) is 13.4 Å². The molecule has 0 amide bonds. The van der Waals surface area contributed by atoms with Crippen LogP contribution < -0.4 is 5.22 Å². The Morgan fingerprint density at radius 1 is 0.700 bits per heavy atom. The van der Waals surface area contributed by atoms with E-state index in [1.54, 1.807) is 11.3 Å². The molecule has 0 saturated carbocycles. The van der Waals surface area contributed by atoms with Gasteiger partial charge in [0.05, 0.1) is 33.1 Å². The molecule has 0 aliphatic heterocycles. The van der Waals surface area contributed by atoms with Crippen molar-refractivity contribution >= 4 is 78.6 Å². The molecule has 3 nitrogen and oxygen atoms in total. The van der Waals surface area contributed by atoms with E-state index in [2.05, 4.69) is 115 Å². The molecule has 0 unspecified atom stereocenters. The summed E-state index contributed by atoms with van der Waals surface area (Å²) in [5.41, 5.74) is 11.2. The van der Waals surface area contributed by atoms with Crippen LogP contribution in [0.15, 0.2) is 95.8 Å². The third-order valence-corrected chi connectivity index (χ3v) is 9.09. The molecule has 0 radical (unpaired) electrons. The molecular weight excluding hydrogens is 506 g/mol. The molecule has 0 atom stereocenters. The zero-order chi connectivity index (χ0) is 27.0. The van der Waals surface area contributed by atoms with Gasteiger partial charge in [0, 0.05) is 60.7 Å². The summed E-state index contributed by atoms with van der Waals surface area (Å²) in [4.78, 5) is 0. The molecule has 0 saturated heterocycles. The van der Waals surface area contributed by atoms with Crippen molar-refractivity contribution in [1.29, 1.82) is 0 Å². The Bertz CT molecular complexity index is 2360.